The zero-order chi connectivity index (χ0) is 17.3. The van der Waals surface area contributed by atoms with Crippen molar-refractivity contribution in [3.8, 4) is 5.69 Å². The molecule has 24 heavy (non-hydrogen) atoms. The Balaban J connectivity index is 1.83. The van der Waals surface area contributed by atoms with Crippen LogP contribution in [0.2, 0.25) is 0 Å². The molecule has 1 aliphatic carbocycles. The number of hydrogen-bond acceptors (Lipinski definition) is 5. The number of amides is 1. The Morgan fingerprint density at radius 2 is 2.17 bits per heavy atom. The maximum atomic E-state index is 12.4. The molecule has 0 radical (unpaired) electrons. The second kappa shape index (κ2) is 6.04. The third-order valence-electron chi connectivity index (χ3n) is 4.45. The van der Waals surface area contributed by atoms with E-state index in [-0.39, 0.29) is 17.3 Å². The van der Waals surface area contributed by atoms with Crippen LogP contribution in [-0.4, -0.2) is 32.7 Å². The minimum absolute atomic E-state index is 0.0719. The molecule has 0 spiro atoms. The average molecular weight is 329 g/mol. The van der Waals surface area contributed by atoms with Crippen molar-refractivity contribution in [2.24, 2.45) is 11.7 Å². The highest BCUT2D eigenvalue weighted by molar-refractivity contribution is 5.92. The van der Waals surface area contributed by atoms with Crippen LogP contribution in [0.4, 0.5) is 5.69 Å². The van der Waals surface area contributed by atoms with Gasteiger partial charge in [0.25, 0.3) is 11.6 Å². The largest absolute Gasteiger partial charge is 0.344 e. The topological polar surface area (TPSA) is 116 Å². The highest BCUT2D eigenvalue weighted by Crippen LogP contribution is 2.39. The van der Waals surface area contributed by atoms with Crippen molar-refractivity contribution < 1.29 is 9.72 Å². The first kappa shape index (κ1) is 16.1. The summed E-state index contributed by atoms with van der Waals surface area (Å²) >= 11 is 0. The van der Waals surface area contributed by atoms with E-state index in [0.717, 1.165) is 12.8 Å². The monoisotopic (exact) mass is 329 g/mol. The number of aromatic nitrogens is 2. The number of carbonyl (C=O) groups excluding carboxylic acids is 1. The Hall–Kier alpha value is -2.74. The van der Waals surface area contributed by atoms with E-state index in [1.165, 1.54) is 23.0 Å². The Bertz CT molecular complexity index is 784. The van der Waals surface area contributed by atoms with Gasteiger partial charge in [-0.1, -0.05) is 12.1 Å². The molecule has 1 aromatic heterocycles. The normalized spacial score (nSPS) is 16.4. The number of nitro groups is 1. The third-order valence-corrected chi connectivity index (χ3v) is 4.45. The van der Waals surface area contributed by atoms with Gasteiger partial charge in [0.15, 0.2) is 5.69 Å². The molecule has 1 saturated carbocycles. The van der Waals surface area contributed by atoms with Gasteiger partial charge in [0.05, 0.1) is 10.5 Å². The van der Waals surface area contributed by atoms with Crippen molar-refractivity contribution in [2.45, 2.75) is 25.3 Å². The Labute approximate surface area is 138 Å². The van der Waals surface area contributed by atoms with E-state index >= 15 is 0 Å². The lowest BCUT2D eigenvalue weighted by Gasteiger charge is -2.29. The lowest BCUT2D eigenvalue weighted by atomic mass is 9.96. The minimum atomic E-state index is -0.477. The first-order valence-corrected chi connectivity index (χ1v) is 7.76. The molecule has 1 atom stereocenters. The van der Waals surface area contributed by atoms with E-state index in [0.29, 0.717) is 18.2 Å². The number of hydrogen-bond donors (Lipinski definition) is 2. The van der Waals surface area contributed by atoms with E-state index in [4.69, 9.17) is 5.73 Å². The smallest absolute Gasteiger partial charge is 0.294 e. The van der Waals surface area contributed by atoms with Gasteiger partial charge in [-0.3, -0.25) is 14.9 Å². The number of rotatable bonds is 6. The fourth-order valence-electron chi connectivity index (χ4n) is 2.76. The summed E-state index contributed by atoms with van der Waals surface area (Å²) in [5.41, 5.74) is 5.80. The van der Waals surface area contributed by atoms with Crippen LogP contribution in [0.15, 0.2) is 36.5 Å². The molecule has 1 fully saturated rings. The maximum Gasteiger partial charge on any atom is 0.294 e. The number of carbonyl (C=O) groups is 1. The molecule has 1 heterocycles. The molecule has 3 rings (SSSR count). The second-order valence-electron chi connectivity index (χ2n) is 6.24. The van der Waals surface area contributed by atoms with Gasteiger partial charge in [0, 0.05) is 18.8 Å². The van der Waals surface area contributed by atoms with Gasteiger partial charge in [-0.2, -0.15) is 5.10 Å². The molecule has 8 nitrogen and oxygen atoms in total. The van der Waals surface area contributed by atoms with E-state index in [9.17, 15) is 14.9 Å². The summed E-state index contributed by atoms with van der Waals surface area (Å²) < 4.78 is 1.34. The number of nitrogens with zero attached hydrogens (tertiary/aromatic N) is 3. The predicted octanol–water partition coefficient (Wildman–Crippen LogP) is 1.64. The molecule has 0 bridgehead atoms. The Morgan fingerprint density at radius 3 is 2.79 bits per heavy atom. The Morgan fingerprint density at radius 1 is 1.46 bits per heavy atom. The molecule has 0 saturated heterocycles. The summed E-state index contributed by atoms with van der Waals surface area (Å²) in [7, 11) is 0. The van der Waals surface area contributed by atoms with Crippen LogP contribution in [0.3, 0.4) is 0 Å². The average Bonchev–Trinajstić information content (AvgIpc) is 3.32. The van der Waals surface area contributed by atoms with E-state index in [1.54, 1.807) is 18.2 Å². The van der Waals surface area contributed by atoms with Crippen LogP contribution >= 0.6 is 0 Å². The van der Waals surface area contributed by atoms with E-state index in [1.807, 2.05) is 6.92 Å². The lowest BCUT2D eigenvalue weighted by Crippen LogP contribution is -2.53. The number of nitro benzene ring substituents is 1. The van der Waals surface area contributed by atoms with E-state index < -0.39 is 10.5 Å². The number of nitrogens with one attached hydrogen (secondary N) is 1. The summed E-state index contributed by atoms with van der Waals surface area (Å²) in [4.78, 5) is 23.1. The van der Waals surface area contributed by atoms with Crippen molar-refractivity contribution in [3.63, 3.8) is 0 Å². The summed E-state index contributed by atoms with van der Waals surface area (Å²) in [6.45, 7) is 2.29. The Kier molecular flexibility index (Phi) is 4.06. The van der Waals surface area contributed by atoms with Crippen LogP contribution in [-0.2, 0) is 0 Å². The number of nitrogens with two attached hydrogens (primary N) is 1. The molecule has 1 amide bonds. The van der Waals surface area contributed by atoms with Gasteiger partial charge in [0.2, 0.25) is 0 Å². The molecule has 1 aromatic carbocycles. The molecule has 126 valence electrons. The molecule has 2 aromatic rings. The van der Waals surface area contributed by atoms with Crippen molar-refractivity contribution in [2.75, 3.05) is 6.54 Å². The SMILES string of the molecule is CC(CN)(NC(=O)c1ccn(-c2ccccc2[N+](=O)[O-])n1)C1CC1. The molecular formula is C16H19N5O3. The summed E-state index contributed by atoms with van der Waals surface area (Å²) in [6, 6.07) is 7.79. The van der Waals surface area contributed by atoms with Crippen molar-refractivity contribution in [1.29, 1.82) is 0 Å². The second-order valence-corrected chi connectivity index (χ2v) is 6.24. The van der Waals surface area contributed by atoms with Gasteiger partial charge >= 0.3 is 0 Å². The van der Waals surface area contributed by atoms with Crippen LogP contribution < -0.4 is 11.1 Å². The summed E-state index contributed by atoms with van der Waals surface area (Å²) in [5, 5.41) is 18.2. The van der Waals surface area contributed by atoms with Gasteiger partial charge in [0.1, 0.15) is 5.69 Å². The fraction of sp³-hybridized carbons (Fsp3) is 0.375. The van der Waals surface area contributed by atoms with Crippen LogP contribution in [0.1, 0.15) is 30.3 Å². The molecule has 1 unspecified atom stereocenters. The van der Waals surface area contributed by atoms with Gasteiger partial charge in [-0.15, -0.1) is 0 Å². The maximum absolute atomic E-state index is 12.4. The lowest BCUT2D eigenvalue weighted by molar-refractivity contribution is -0.384. The van der Waals surface area contributed by atoms with Gasteiger partial charge in [-0.25, -0.2) is 4.68 Å². The zero-order valence-corrected chi connectivity index (χ0v) is 13.3. The van der Waals surface area contributed by atoms with E-state index in [2.05, 4.69) is 10.4 Å². The molecule has 0 aliphatic heterocycles. The standard InChI is InChI=1S/C16H19N5O3/c1-16(10-17,11-6-7-11)18-15(22)12-8-9-20(19-12)13-4-2-3-5-14(13)21(23)24/h2-5,8-9,11H,6-7,10,17H2,1H3,(H,18,22). The fourth-order valence-corrected chi connectivity index (χ4v) is 2.76. The van der Waals surface area contributed by atoms with Crippen molar-refractivity contribution >= 4 is 11.6 Å². The highest BCUT2D eigenvalue weighted by Gasteiger charge is 2.41. The number of benzene rings is 1. The summed E-state index contributed by atoms with van der Waals surface area (Å²) in [5.74, 6) is 0.0657. The van der Waals surface area contributed by atoms with Gasteiger partial charge < -0.3 is 11.1 Å². The minimum Gasteiger partial charge on any atom is -0.344 e. The quantitative estimate of drug-likeness (QED) is 0.617. The highest BCUT2D eigenvalue weighted by atomic mass is 16.6. The molecule has 3 N–H and O–H groups in total. The molecular weight excluding hydrogens is 310 g/mol. The van der Waals surface area contributed by atoms with Crippen LogP contribution in [0, 0.1) is 16.0 Å². The third kappa shape index (κ3) is 3.00. The van der Waals surface area contributed by atoms with Crippen LogP contribution in [0.25, 0.3) is 5.69 Å². The molecule has 8 heteroatoms. The molecule has 1 aliphatic rings. The number of para-hydroxylation sites is 2. The van der Waals surface area contributed by atoms with Crippen LogP contribution in [0.5, 0.6) is 0 Å². The van der Waals surface area contributed by atoms with Crippen molar-refractivity contribution in [3.05, 3.63) is 52.3 Å². The van der Waals surface area contributed by atoms with Gasteiger partial charge in [-0.05, 0) is 37.8 Å². The first-order chi connectivity index (χ1) is 11.4. The predicted molar refractivity (Wildman–Crippen MR) is 87.9 cm³/mol. The first-order valence-electron chi connectivity index (χ1n) is 7.76. The van der Waals surface area contributed by atoms with Crippen molar-refractivity contribution in [1.82, 2.24) is 15.1 Å². The summed E-state index contributed by atoms with van der Waals surface area (Å²) in [6.07, 6.45) is 3.64. The zero-order valence-electron chi connectivity index (χ0n) is 13.3.